The number of hydrogen-bond acceptors (Lipinski definition) is 3. The molecule has 0 aliphatic rings. The fourth-order valence-electron chi connectivity index (χ4n) is 1.41. The van der Waals surface area contributed by atoms with Crippen molar-refractivity contribution in [3.8, 4) is 0 Å². The fraction of sp³-hybridized carbons (Fsp3) is 0.462. The summed E-state index contributed by atoms with van der Waals surface area (Å²) in [5.74, 6) is 0.928. The Hall–Kier alpha value is -0.420. The predicted octanol–water partition coefficient (Wildman–Crippen LogP) is 2.92. The molecule has 0 unspecified atom stereocenters. The van der Waals surface area contributed by atoms with Crippen molar-refractivity contribution in [2.45, 2.75) is 11.3 Å². The smallest absolute Gasteiger partial charge is 0.223 e. The number of benzene rings is 1. The quantitative estimate of drug-likeness (QED) is 0.783. The molecule has 0 bridgehead atoms. The zero-order chi connectivity index (χ0) is 13.4. The van der Waals surface area contributed by atoms with Crippen LogP contribution in [0, 0.1) is 0 Å². The van der Waals surface area contributed by atoms with Gasteiger partial charge in [0, 0.05) is 37.2 Å². The maximum Gasteiger partial charge on any atom is 0.223 e. The molecule has 3 nitrogen and oxygen atoms in total. The van der Waals surface area contributed by atoms with Gasteiger partial charge in [-0.1, -0.05) is 23.7 Å². The summed E-state index contributed by atoms with van der Waals surface area (Å²) in [6, 6.07) is 7.70. The second kappa shape index (κ2) is 10.4. The molecular formula is C13H20Cl2N2OS. The first-order valence-electron chi connectivity index (χ1n) is 5.91. The van der Waals surface area contributed by atoms with Crippen molar-refractivity contribution in [2.75, 3.05) is 32.9 Å². The van der Waals surface area contributed by atoms with Gasteiger partial charge in [-0.3, -0.25) is 4.79 Å². The molecule has 0 atom stereocenters. The molecule has 1 N–H and O–H groups in total. The summed E-state index contributed by atoms with van der Waals surface area (Å²) >= 11 is 7.67. The highest BCUT2D eigenvalue weighted by Gasteiger charge is 2.08. The van der Waals surface area contributed by atoms with Crippen molar-refractivity contribution < 1.29 is 4.79 Å². The number of nitrogens with one attached hydrogen (secondary N) is 1. The third-order valence-electron chi connectivity index (χ3n) is 2.53. The van der Waals surface area contributed by atoms with E-state index in [1.807, 2.05) is 38.4 Å². The first kappa shape index (κ1) is 18.6. The third kappa shape index (κ3) is 7.06. The fourth-order valence-corrected chi connectivity index (χ4v) is 2.58. The standard InChI is InChI=1S/C13H19ClN2OS.ClH/c1-15-8-9-16(2)13(17)7-10-18-12-6-4-3-5-11(12)14;/h3-6,15H,7-10H2,1-2H3;1H. The van der Waals surface area contributed by atoms with Gasteiger partial charge < -0.3 is 10.2 Å². The number of carbonyl (C=O) groups excluding carboxylic acids is 1. The van der Waals surface area contributed by atoms with Gasteiger partial charge >= 0.3 is 0 Å². The van der Waals surface area contributed by atoms with Crippen molar-refractivity contribution in [1.82, 2.24) is 10.2 Å². The molecule has 0 radical (unpaired) electrons. The Bertz CT molecular complexity index is 391. The second-order valence-electron chi connectivity index (χ2n) is 3.95. The molecule has 1 aromatic rings. The van der Waals surface area contributed by atoms with Crippen LogP contribution in [0.15, 0.2) is 29.2 Å². The lowest BCUT2D eigenvalue weighted by atomic mass is 10.4. The molecule has 0 saturated heterocycles. The maximum atomic E-state index is 11.8. The van der Waals surface area contributed by atoms with Crippen LogP contribution in [0.4, 0.5) is 0 Å². The van der Waals surface area contributed by atoms with Crippen LogP contribution in [0.3, 0.4) is 0 Å². The van der Waals surface area contributed by atoms with E-state index in [0.717, 1.165) is 28.8 Å². The van der Waals surface area contributed by atoms with Crippen LogP contribution in [0.1, 0.15) is 6.42 Å². The Balaban J connectivity index is 0.00000324. The van der Waals surface area contributed by atoms with Gasteiger partial charge in [-0.15, -0.1) is 24.2 Å². The second-order valence-corrected chi connectivity index (χ2v) is 5.49. The van der Waals surface area contributed by atoms with Gasteiger partial charge in [-0.2, -0.15) is 0 Å². The van der Waals surface area contributed by atoms with E-state index in [4.69, 9.17) is 11.6 Å². The normalized spacial score (nSPS) is 9.84. The zero-order valence-corrected chi connectivity index (χ0v) is 13.6. The number of thioether (sulfide) groups is 1. The molecule has 0 aromatic heterocycles. The highest BCUT2D eigenvalue weighted by Crippen LogP contribution is 2.26. The van der Waals surface area contributed by atoms with E-state index in [2.05, 4.69) is 5.32 Å². The van der Waals surface area contributed by atoms with Crippen LogP contribution in [-0.2, 0) is 4.79 Å². The van der Waals surface area contributed by atoms with Crippen LogP contribution in [0.5, 0.6) is 0 Å². The number of halogens is 2. The number of rotatable bonds is 7. The minimum absolute atomic E-state index is 0. The van der Waals surface area contributed by atoms with Gasteiger partial charge in [-0.05, 0) is 19.2 Å². The molecule has 0 fully saturated rings. The van der Waals surface area contributed by atoms with Crippen molar-refractivity contribution in [3.05, 3.63) is 29.3 Å². The average Bonchev–Trinajstić information content (AvgIpc) is 2.38. The van der Waals surface area contributed by atoms with E-state index in [1.165, 1.54) is 0 Å². The summed E-state index contributed by atoms with van der Waals surface area (Å²) in [7, 11) is 3.71. The molecule has 1 amide bonds. The molecule has 0 aliphatic heterocycles. The SMILES string of the molecule is CNCCN(C)C(=O)CCSc1ccccc1Cl.Cl. The molecule has 19 heavy (non-hydrogen) atoms. The molecule has 0 spiro atoms. The van der Waals surface area contributed by atoms with Crippen LogP contribution >= 0.6 is 35.8 Å². The highest BCUT2D eigenvalue weighted by atomic mass is 35.5. The summed E-state index contributed by atoms with van der Waals surface area (Å²) in [5, 5.41) is 3.77. The Morgan fingerprint density at radius 1 is 1.42 bits per heavy atom. The molecule has 108 valence electrons. The van der Waals surface area contributed by atoms with Gasteiger partial charge in [0.2, 0.25) is 5.91 Å². The summed E-state index contributed by atoms with van der Waals surface area (Å²) in [6.07, 6.45) is 0.538. The van der Waals surface area contributed by atoms with Gasteiger partial charge in [0.1, 0.15) is 0 Å². The molecule has 0 heterocycles. The van der Waals surface area contributed by atoms with E-state index in [-0.39, 0.29) is 18.3 Å². The van der Waals surface area contributed by atoms with Crippen molar-refractivity contribution in [1.29, 1.82) is 0 Å². The highest BCUT2D eigenvalue weighted by molar-refractivity contribution is 7.99. The lowest BCUT2D eigenvalue weighted by Gasteiger charge is -2.16. The first-order chi connectivity index (χ1) is 8.65. The van der Waals surface area contributed by atoms with Gasteiger partial charge in [0.05, 0.1) is 5.02 Å². The van der Waals surface area contributed by atoms with E-state index in [9.17, 15) is 4.79 Å². The largest absolute Gasteiger partial charge is 0.344 e. The first-order valence-corrected chi connectivity index (χ1v) is 7.27. The summed E-state index contributed by atoms with van der Waals surface area (Å²) in [4.78, 5) is 14.6. The van der Waals surface area contributed by atoms with Crippen molar-refractivity contribution in [3.63, 3.8) is 0 Å². The Kier molecular flexibility index (Phi) is 10.1. The van der Waals surface area contributed by atoms with Crippen molar-refractivity contribution in [2.24, 2.45) is 0 Å². The monoisotopic (exact) mass is 322 g/mol. The lowest BCUT2D eigenvalue weighted by molar-refractivity contribution is -0.129. The van der Waals surface area contributed by atoms with Gasteiger partial charge in [-0.25, -0.2) is 0 Å². The number of hydrogen-bond donors (Lipinski definition) is 1. The Labute approximate surface area is 130 Å². The molecule has 1 rings (SSSR count). The number of carbonyl (C=O) groups is 1. The average molecular weight is 323 g/mol. The Morgan fingerprint density at radius 2 is 2.11 bits per heavy atom. The van der Waals surface area contributed by atoms with Crippen molar-refractivity contribution >= 4 is 41.7 Å². The number of amides is 1. The van der Waals surface area contributed by atoms with Gasteiger partial charge in [0.25, 0.3) is 0 Å². The molecular weight excluding hydrogens is 303 g/mol. The molecule has 6 heteroatoms. The summed E-state index contributed by atoms with van der Waals surface area (Å²) in [6.45, 7) is 1.56. The lowest BCUT2D eigenvalue weighted by Crippen LogP contribution is -2.32. The topological polar surface area (TPSA) is 32.3 Å². The summed E-state index contributed by atoms with van der Waals surface area (Å²) < 4.78 is 0. The zero-order valence-electron chi connectivity index (χ0n) is 11.2. The summed E-state index contributed by atoms with van der Waals surface area (Å²) in [5.41, 5.74) is 0. The number of likely N-dealkylation sites (N-methyl/N-ethyl adjacent to an activating group) is 2. The van der Waals surface area contributed by atoms with E-state index in [1.54, 1.807) is 16.7 Å². The van der Waals surface area contributed by atoms with E-state index >= 15 is 0 Å². The van der Waals surface area contributed by atoms with Crippen LogP contribution in [0.25, 0.3) is 0 Å². The van der Waals surface area contributed by atoms with Crippen LogP contribution < -0.4 is 5.32 Å². The molecule has 1 aromatic carbocycles. The van der Waals surface area contributed by atoms with Gasteiger partial charge in [0.15, 0.2) is 0 Å². The number of nitrogens with zero attached hydrogens (tertiary/aromatic N) is 1. The predicted molar refractivity (Wildman–Crippen MR) is 85.6 cm³/mol. The minimum Gasteiger partial charge on any atom is -0.344 e. The molecule has 0 aliphatic carbocycles. The van der Waals surface area contributed by atoms with Crippen LogP contribution in [-0.4, -0.2) is 43.7 Å². The molecule has 0 saturated carbocycles. The van der Waals surface area contributed by atoms with E-state index < -0.39 is 0 Å². The minimum atomic E-state index is 0. The Morgan fingerprint density at radius 3 is 2.74 bits per heavy atom. The maximum absolute atomic E-state index is 11.8. The van der Waals surface area contributed by atoms with Crippen LogP contribution in [0.2, 0.25) is 5.02 Å². The van der Waals surface area contributed by atoms with E-state index in [0.29, 0.717) is 6.42 Å². The third-order valence-corrected chi connectivity index (χ3v) is 4.05.